The van der Waals surface area contributed by atoms with Gasteiger partial charge < -0.3 is 14.1 Å². The lowest BCUT2D eigenvalue weighted by molar-refractivity contribution is 0.379. The molecule has 0 saturated carbocycles. The third-order valence-corrected chi connectivity index (χ3v) is 4.10. The quantitative estimate of drug-likeness (QED) is 0.627. The number of rotatable bonds is 4. The molecule has 0 atom stereocenters. The predicted octanol–water partition coefficient (Wildman–Crippen LogP) is 2.70. The van der Waals surface area contributed by atoms with Crippen LogP contribution in [-0.4, -0.2) is 19.7 Å². The third-order valence-electron chi connectivity index (χ3n) is 4.10. The van der Waals surface area contributed by atoms with Gasteiger partial charge in [-0.1, -0.05) is 23.4 Å². The van der Waals surface area contributed by atoms with Crippen molar-refractivity contribution in [3.8, 4) is 11.4 Å². The van der Waals surface area contributed by atoms with Gasteiger partial charge in [-0.05, 0) is 24.1 Å². The van der Waals surface area contributed by atoms with Crippen molar-refractivity contribution in [1.82, 2.24) is 19.7 Å². The van der Waals surface area contributed by atoms with E-state index in [9.17, 15) is 4.79 Å². The third kappa shape index (κ3) is 2.62. The first-order chi connectivity index (χ1) is 11.7. The van der Waals surface area contributed by atoms with Crippen LogP contribution >= 0.6 is 0 Å². The molecule has 0 aliphatic heterocycles. The van der Waals surface area contributed by atoms with Gasteiger partial charge in [-0.3, -0.25) is 4.79 Å². The summed E-state index contributed by atoms with van der Waals surface area (Å²) in [5.74, 6) is 1.09. The summed E-state index contributed by atoms with van der Waals surface area (Å²) in [5, 5.41) is 5.23. The Kier molecular flexibility index (Phi) is 3.49. The van der Waals surface area contributed by atoms with Crippen LogP contribution in [0.3, 0.4) is 0 Å². The summed E-state index contributed by atoms with van der Waals surface area (Å²) in [4.78, 5) is 19.1. The number of para-hydroxylation sites is 1. The minimum absolute atomic E-state index is 0.0678. The lowest BCUT2D eigenvalue weighted by atomic mass is 10.1. The predicted molar refractivity (Wildman–Crippen MR) is 90.7 cm³/mol. The van der Waals surface area contributed by atoms with Crippen molar-refractivity contribution < 1.29 is 4.52 Å². The van der Waals surface area contributed by atoms with E-state index < -0.39 is 0 Å². The Morgan fingerprint density at radius 1 is 1.17 bits per heavy atom. The summed E-state index contributed by atoms with van der Waals surface area (Å²) in [6.07, 6.45) is 5.21. The molecule has 0 fully saturated rings. The van der Waals surface area contributed by atoms with E-state index in [1.165, 1.54) is 21.6 Å². The van der Waals surface area contributed by atoms with E-state index in [4.69, 9.17) is 4.52 Å². The van der Waals surface area contributed by atoms with E-state index >= 15 is 0 Å². The zero-order chi connectivity index (χ0) is 16.5. The Morgan fingerprint density at radius 2 is 2.04 bits per heavy atom. The standard InChI is InChI=1S/C18H16N4O2/c1-22-11-13(7-9-17(22)23)18-20-16(24-21-18)8-6-12-10-19-15-5-3-2-4-14(12)15/h2-5,7,9-11,19H,6,8H2,1H3. The molecule has 4 aromatic rings. The number of aromatic amines is 1. The van der Waals surface area contributed by atoms with E-state index in [0.717, 1.165) is 17.5 Å². The highest BCUT2D eigenvalue weighted by Gasteiger charge is 2.11. The van der Waals surface area contributed by atoms with Gasteiger partial charge in [0.1, 0.15) is 0 Å². The zero-order valence-electron chi connectivity index (χ0n) is 13.2. The number of nitrogens with zero attached hydrogens (tertiary/aromatic N) is 3. The van der Waals surface area contributed by atoms with Crippen LogP contribution in [0, 0.1) is 0 Å². The summed E-state index contributed by atoms with van der Waals surface area (Å²) in [7, 11) is 1.70. The van der Waals surface area contributed by atoms with E-state index in [1.807, 2.05) is 18.3 Å². The molecule has 0 saturated heterocycles. The van der Waals surface area contributed by atoms with E-state index in [1.54, 1.807) is 19.3 Å². The zero-order valence-corrected chi connectivity index (χ0v) is 13.2. The first-order valence-electron chi connectivity index (χ1n) is 7.75. The average Bonchev–Trinajstić information content (AvgIpc) is 3.22. The maximum atomic E-state index is 11.4. The van der Waals surface area contributed by atoms with Crippen LogP contribution in [0.4, 0.5) is 0 Å². The lowest BCUT2D eigenvalue weighted by Gasteiger charge is -1.98. The Bertz CT molecular complexity index is 1060. The second-order valence-electron chi connectivity index (χ2n) is 5.74. The van der Waals surface area contributed by atoms with E-state index in [-0.39, 0.29) is 5.56 Å². The van der Waals surface area contributed by atoms with Crippen LogP contribution in [0.2, 0.25) is 0 Å². The van der Waals surface area contributed by atoms with Crippen molar-refractivity contribution in [1.29, 1.82) is 0 Å². The fourth-order valence-electron chi connectivity index (χ4n) is 2.78. The first kappa shape index (κ1) is 14.4. The maximum absolute atomic E-state index is 11.4. The summed E-state index contributed by atoms with van der Waals surface area (Å²) in [6.45, 7) is 0. The number of nitrogens with one attached hydrogen (secondary N) is 1. The topological polar surface area (TPSA) is 76.7 Å². The number of hydrogen-bond donors (Lipinski definition) is 1. The number of benzene rings is 1. The lowest BCUT2D eigenvalue weighted by Crippen LogP contribution is -2.14. The fraction of sp³-hybridized carbons (Fsp3) is 0.167. The number of aromatic nitrogens is 4. The number of pyridine rings is 1. The van der Waals surface area contributed by atoms with Gasteiger partial charge in [-0.15, -0.1) is 0 Å². The van der Waals surface area contributed by atoms with Crippen molar-refractivity contribution in [3.63, 3.8) is 0 Å². The highest BCUT2D eigenvalue weighted by molar-refractivity contribution is 5.83. The first-order valence-corrected chi connectivity index (χ1v) is 7.75. The maximum Gasteiger partial charge on any atom is 0.250 e. The van der Waals surface area contributed by atoms with Gasteiger partial charge in [0.2, 0.25) is 17.3 Å². The van der Waals surface area contributed by atoms with Crippen molar-refractivity contribution in [3.05, 3.63) is 70.6 Å². The molecule has 1 aromatic carbocycles. The van der Waals surface area contributed by atoms with Crippen LogP contribution in [0.25, 0.3) is 22.3 Å². The monoisotopic (exact) mass is 320 g/mol. The highest BCUT2D eigenvalue weighted by Crippen LogP contribution is 2.20. The minimum atomic E-state index is -0.0678. The van der Waals surface area contributed by atoms with Crippen LogP contribution < -0.4 is 5.56 Å². The molecule has 3 heterocycles. The van der Waals surface area contributed by atoms with Crippen molar-refractivity contribution in [2.45, 2.75) is 12.8 Å². The van der Waals surface area contributed by atoms with Crippen LogP contribution in [0.5, 0.6) is 0 Å². The molecule has 0 bridgehead atoms. The average molecular weight is 320 g/mol. The van der Waals surface area contributed by atoms with Crippen LogP contribution in [0.15, 0.2) is 58.1 Å². The normalized spacial score (nSPS) is 11.2. The molecular formula is C18H16N4O2. The summed E-state index contributed by atoms with van der Waals surface area (Å²) >= 11 is 0. The minimum Gasteiger partial charge on any atom is -0.361 e. The van der Waals surface area contributed by atoms with Gasteiger partial charge in [0.25, 0.3) is 0 Å². The molecule has 0 aliphatic rings. The summed E-state index contributed by atoms with van der Waals surface area (Å²) in [6, 6.07) is 11.4. The number of fused-ring (bicyclic) bond motifs is 1. The highest BCUT2D eigenvalue weighted by atomic mass is 16.5. The molecule has 0 radical (unpaired) electrons. The molecule has 120 valence electrons. The van der Waals surface area contributed by atoms with Gasteiger partial charge in [-0.2, -0.15) is 4.98 Å². The van der Waals surface area contributed by atoms with Crippen LogP contribution in [0.1, 0.15) is 11.5 Å². The van der Waals surface area contributed by atoms with Crippen molar-refractivity contribution >= 4 is 10.9 Å². The van der Waals surface area contributed by atoms with Crippen molar-refractivity contribution in [2.24, 2.45) is 7.05 Å². The molecule has 0 unspecified atom stereocenters. The molecule has 0 spiro atoms. The van der Waals surface area contributed by atoms with Gasteiger partial charge in [-0.25, -0.2) is 0 Å². The number of hydrogen-bond acceptors (Lipinski definition) is 4. The van der Waals surface area contributed by atoms with Gasteiger partial charge in [0.15, 0.2) is 0 Å². The molecule has 6 nitrogen and oxygen atoms in total. The summed E-state index contributed by atoms with van der Waals surface area (Å²) < 4.78 is 6.84. The number of aryl methyl sites for hydroxylation is 3. The second-order valence-corrected chi connectivity index (χ2v) is 5.74. The van der Waals surface area contributed by atoms with E-state index in [2.05, 4.69) is 27.3 Å². The van der Waals surface area contributed by atoms with Crippen molar-refractivity contribution in [2.75, 3.05) is 0 Å². The molecule has 6 heteroatoms. The summed E-state index contributed by atoms with van der Waals surface area (Å²) in [5.41, 5.74) is 3.05. The number of H-pyrrole nitrogens is 1. The van der Waals surface area contributed by atoms with Gasteiger partial charge >= 0.3 is 0 Å². The largest absolute Gasteiger partial charge is 0.361 e. The molecule has 0 aliphatic carbocycles. The molecule has 24 heavy (non-hydrogen) atoms. The molecule has 3 aromatic heterocycles. The molecular weight excluding hydrogens is 304 g/mol. The Labute approximate surface area is 137 Å². The molecule has 1 N–H and O–H groups in total. The van der Waals surface area contributed by atoms with Gasteiger partial charge in [0.05, 0.1) is 0 Å². The SMILES string of the molecule is Cn1cc(-c2noc(CCc3c[nH]c4ccccc34)n2)ccc1=O. The Morgan fingerprint density at radius 3 is 2.92 bits per heavy atom. The van der Waals surface area contributed by atoms with E-state index in [0.29, 0.717) is 18.1 Å². The second kappa shape index (κ2) is 5.81. The Hall–Kier alpha value is -3.15. The smallest absolute Gasteiger partial charge is 0.250 e. The molecule has 0 amide bonds. The Balaban J connectivity index is 1.53. The van der Waals surface area contributed by atoms with Crippen LogP contribution in [-0.2, 0) is 19.9 Å². The molecule has 4 rings (SSSR count). The fourth-order valence-corrected chi connectivity index (χ4v) is 2.78. The van der Waals surface area contributed by atoms with Gasteiger partial charge in [0, 0.05) is 48.4 Å².